The molecule has 0 aromatic carbocycles. The first-order chi connectivity index (χ1) is 23.2. The first-order valence-corrected chi connectivity index (χ1v) is 22.0. The Balaban J connectivity index is 3.18. The van der Waals surface area contributed by atoms with Crippen LogP contribution in [0.1, 0.15) is 258 Å². The van der Waals surface area contributed by atoms with Crippen molar-refractivity contribution in [2.75, 3.05) is 6.61 Å². The van der Waals surface area contributed by atoms with Crippen molar-refractivity contribution in [3.8, 4) is 0 Å². The van der Waals surface area contributed by atoms with E-state index in [4.69, 9.17) is 4.74 Å². The van der Waals surface area contributed by atoms with Crippen LogP contribution in [-0.4, -0.2) is 12.6 Å². The molecule has 0 heterocycles. The fraction of sp³-hybridized carbons (Fsp3) is 0.933. The van der Waals surface area contributed by atoms with Gasteiger partial charge >= 0.3 is 5.97 Å². The minimum atomic E-state index is 0.0264. The molecule has 0 bridgehead atoms. The van der Waals surface area contributed by atoms with Crippen LogP contribution in [0, 0.1) is 5.92 Å². The second-order valence-electron chi connectivity index (χ2n) is 15.3. The van der Waals surface area contributed by atoms with E-state index < -0.39 is 0 Å². The lowest BCUT2D eigenvalue weighted by Gasteiger charge is -2.07. The average molecular weight is 661 g/mol. The van der Waals surface area contributed by atoms with E-state index in [1.807, 2.05) is 0 Å². The molecule has 0 amide bonds. The second kappa shape index (κ2) is 41.4. The molecule has 0 aliphatic heterocycles. The van der Waals surface area contributed by atoms with E-state index >= 15 is 0 Å². The van der Waals surface area contributed by atoms with Gasteiger partial charge in [-0.2, -0.15) is 0 Å². The van der Waals surface area contributed by atoms with Crippen LogP contribution >= 0.6 is 0 Å². The summed E-state index contributed by atoms with van der Waals surface area (Å²) in [5, 5.41) is 0. The summed E-state index contributed by atoms with van der Waals surface area (Å²) in [6.07, 6.45) is 54.4. The Hall–Kier alpha value is -0.790. The van der Waals surface area contributed by atoms with Gasteiger partial charge < -0.3 is 4.74 Å². The van der Waals surface area contributed by atoms with Crippen LogP contribution in [0.3, 0.4) is 0 Å². The Bertz CT molecular complexity index is 611. The monoisotopic (exact) mass is 661 g/mol. The van der Waals surface area contributed by atoms with Crippen molar-refractivity contribution in [2.45, 2.75) is 258 Å². The zero-order valence-corrected chi connectivity index (χ0v) is 32.9. The van der Waals surface area contributed by atoms with Gasteiger partial charge in [0.15, 0.2) is 0 Å². The predicted octanol–water partition coefficient (Wildman–Crippen LogP) is 16.2. The van der Waals surface area contributed by atoms with E-state index in [9.17, 15) is 4.79 Å². The molecule has 0 radical (unpaired) electrons. The highest BCUT2D eigenvalue weighted by atomic mass is 16.5. The summed E-state index contributed by atoms with van der Waals surface area (Å²) in [5.41, 5.74) is 0. The fourth-order valence-corrected chi connectivity index (χ4v) is 6.76. The van der Waals surface area contributed by atoms with Crippen molar-refractivity contribution in [1.82, 2.24) is 0 Å². The number of ether oxygens (including phenoxy) is 1. The molecule has 0 saturated carbocycles. The topological polar surface area (TPSA) is 26.3 Å². The highest BCUT2D eigenvalue weighted by molar-refractivity contribution is 5.69. The number of esters is 1. The number of rotatable bonds is 40. The summed E-state index contributed by atoms with van der Waals surface area (Å²) in [6.45, 7) is 7.63. The first kappa shape index (κ1) is 46.2. The van der Waals surface area contributed by atoms with Crippen molar-refractivity contribution in [3.63, 3.8) is 0 Å². The van der Waals surface area contributed by atoms with Gasteiger partial charge in [0.1, 0.15) is 0 Å². The summed E-state index contributed by atoms with van der Waals surface area (Å²) in [4.78, 5) is 12.0. The molecule has 0 rings (SSSR count). The van der Waals surface area contributed by atoms with E-state index in [2.05, 4.69) is 32.9 Å². The van der Waals surface area contributed by atoms with Gasteiger partial charge in [-0.25, -0.2) is 0 Å². The van der Waals surface area contributed by atoms with Crippen molar-refractivity contribution in [3.05, 3.63) is 12.2 Å². The number of unbranched alkanes of at least 4 members (excludes halogenated alkanes) is 31. The van der Waals surface area contributed by atoms with Gasteiger partial charge in [0.25, 0.3) is 0 Å². The molecular formula is C45H88O2. The zero-order valence-electron chi connectivity index (χ0n) is 32.9. The summed E-state index contributed by atoms with van der Waals surface area (Å²) in [5.74, 6) is 0.957. The van der Waals surface area contributed by atoms with Gasteiger partial charge in [-0.1, -0.05) is 226 Å². The molecule has 280 valence electrons. The third kappa shape index (κ3) is 41.3. The van der Waals surface area contributed by atoms with Gasteiger partial charge in [-0.05, 0) is 44.4 Å². The standard InChI is InChI=1S/C45H88O2/c1-4-6-7-8-9-10-11-12-13-14-15-18-21-24-27-30-33-36-39-42-45(46)47-43-40-37-34-31-28-25-22-19-16-17-20-23-26-29-32-35-38-41-44(3)5-2/h12-13,44H,4-11,14-43H2,1-3H3/b13-12+. The molecular weight excluding hydrogens is 572 g/mol. The third-order valence-electron chi connectivity index (χ3n) is 10.4. The van der Waals surface area contributed by atoms with E-state index in [1.165, 1.54) is 218 Å². The molecule has 0 aromatic heterocycles. The van der Waals surface area contributed by atoms with Gasteiger partial charge in [-0.3, -0.25) is 4.79 Å². The lowest BCUT2D eigenvalue weighted by molar-refractivity contribution is -0.143. The first-order valence-electron chi connectivity index (χ1n) is 22.0. The Labute approximate surface area is 297 Å². The van der Waals surface area contributed by atoms with E-state index in [0.29, 0.717) is 13.0 Å². The van der Waals surface area contributed by atoms with Gasteiger partial charge in [0, 0.05) is 6.42 Å². The number of carbonyl (C=O) groups excluding carboxylic acids is 1. The van der Waals surface area contributed by atoms with Crippen LogP contribution in [0.5, 0.6) is 0 Å². The maximum Gasteiger partial charge on any atom is 0.305 e. The second-order valence-corrected chi connectivity index (χ2v) is 15.3. The number of hydrogen-bond donors (Lipinski definition) is 0. The lowest BCUT2D eigenvalue weighted by atomic mass is 9.99. The maximum atomic E-state index is 12.0. The molecule has 0 N–H and O–H groups in total. The molecule has 0 aliphatic rings. The largest absolute Gasteiger partial charge is 0.466 e. The van der Waals surface area contributed by atoms with Crippen LogP contribution in [0.15, 0.2) is 12.2 Å². The average Bonchev–Trinajstić information content (AvgIpc) is 3.08. The summed E-state index contributed by atoms with van der Waals surface area (Å²) in [6, 6.07) is 0. The van der Waals surface area contributed by atoms with Gasteiger partial charge in [0.05, 0.1) is 6.61 Å². The van der Waals surface area contributed by atoms with Crippen LogP contribution in [0.2, 0.25) is 0 Å². The zero-order chi connectivity index (χ0) is 34.1. The molecule has 0 saturated heterocycles. The van der Waals surface area contributed by atoms with E-state index in [-0.39, 0.29) is 5.97 Å². The minimum absolute atomic E-state index is 0.0264. The molecule has 2 heteroatoms. The van der Waals surface area contributed by atoms with Crippen molar-refractivity contribution in [2.24, 2.45) is 5.92 Å². The van der Waals surface area contributed by atoms with Crippen molar-refractivity contribution < 1.29 is 9.53 Å². The highest BCUT2D eigenvalue weighted by Crippen LogP contribution is 2.17. The van der Waals surface area contributed by atoms with Crippen LogP contribution in [0.4, 0.5) is 0 Å². The highest BCUT2D eigenvalue weighted by Gasteiger charge is 2.03. The molecule has 1 unspecified atom stereocenters. The number of allylic oxidation sites excluding steroid dienone is 2. The Morgan fingerprint density at radius 3 is 1.19 bits per heavy atom. The van der Waals surface area contributed by atoms with Crippen LogP contribution < -0.4 is 0 Å². The van der Waals surface area contributed by atoms with Crippen LogP contribution in [0.25, 0.3) is 0 Å². The number of hydrogen-bond acceptors (Lipinski definition) is 2. The summed E-state index contributed by atoms with van der Waals surface area (Å²) in [7, 11) is 0. The fourth-order valence-electron chi connectivity index (χ4n) is 6.76. The molecule has 2 nitrogen and oxygen atoms in total. The summed E-state index contributed by atoms with van der Waals surface area (Å²) < 4.78 is 5.48. The SMILES string of the molecule is CCCCCCCC/C=C/CCCCCCCCCCCC(=O)OCCCCCCCCCCCCCCCCCCCC(C)CC. The van der Waals surface area contributed by atoms with Gasteiger partial charge in [0.2, 0.25) is 0 Å². The molecule has 0 aliphatic carbocycles. The maximum absolute atomic E-state index is 12.0. The molecule has 0 spiro atoms. The predicted molar refractivity (Wildman–Crippen MR) is 211 cm³/mol. The normalized spacial score (nSPS) is 12.3. The Morgan fingerprint density at radius 2 is 0.787 bits per heavy atom. The lowest BCUT2D eigenvalue weighted by Crippen LogP contribution is -2.05. The smallest absolute Gasteiger partial charge is 0.305 e. The van der Waals surface area contributed by atoms with Gasteiger partial charge in [-0.15, -0.1) is 0 Å². The molecule has 0 fully saturated rings. The summed E-state index contributed by atoms with van der Waals surface area (Å²) >= 11 is 0. The van der Waals surface area contributed by atoms with E-state index in [0.717, 1.165) is 18.8 Å². The number of carbonyl (C=O) groups is 1. The quantitative estimate of drug-likeness (QED) is 0.0371. The minimum Gasteiger partial charge on any atom is -0.466 e. The van der Waals surface area contributed by atoms with Crippen molar-refractivity contribution in [1.29, 1.82) is 0 Å². The van der Waals surface area contributed by atoms with Crippen LogP contribution in [-0.2, 0) is 9.53 Å². The van der Waals surface area contributed by atoms with Crippen molar-refractivity contribution >= 4 is 5.97 Å². The van der Waals surface area contributed by atoms with E-state index in [1.54, 1.807) is 0 Å². The molecule has 1 atom stereocenters. The molecule has 0 aromatic rings. The Morgan fingerprint density at radius 1 is 0.447 bits per heavy atom. The Kier molecular flexibility index (Phi) is 40.7. The third-order valence-corrected chi connectivity index (χ3v) is 10.4. The molecule has 47 heavy (non-hydrogen) atoms.